The van der Waals surface area contributed by atoms with Gasteiger partial charge in [0.2, 0.25) is 0 Å². The Kier molecular flexibility index (Phi) is 4.51. The van der Waals surface area contributed by atoms with Gasteiger partial charge in [0.05, 0.1) is 12.5 Å². The fraction of sp³-hybridized carbons (Fsp3) is 0.200. The van der Waals surface area contributed by atoms with Crippen LogP contribution in [0.5, 0.6) is 5.75 Å². The lowest BCUT2D eigenvalue weighted by molar-refractivity contribution is 0.410. The summed E-state index contributed by atoms with van der Waals surface area (Å²) in [5.74, 6) is 0.833. The number of ether oxygens (including phenoxy) is 1. The maximum Gasteiger partial charge on any atom is 0.123 e. The van der Waals surface area contributed by atoms with E-state index in [2.05, 4.69) is 47.7 Å². The summed E-state index contributed by atoms with van der Waals surface area (Å²) in [6, 6.07) is 14.3. The second kappa shape index (κ2) is 5.93. The Hall–Kier alpha value is -0.740. The van der Waals surface area contributed by atoms with Crippen molar-refractivity contribution in [2.45, 2.75) is 12.3 Å². The summed E-state index contributed by atoms with van der Waals surface area (Å²) >= 11 is 8.87. The molecule has 0 saturated heterocycles. The van der Waals surface area contributed by atoms with E-state index in [0.29, 0.717) is 0 Å². The summed E-state index contributed by atoms with van der Waals surface area (Å²) in [7, 11) is 1.67. The van der Waals surface area contributed by atoms with Crippen LogP contribution in [0.4, 0.5) is 0 Å². The Bertz CT molecular complexity index is 554. The fourth-order valence-electron chi connectivity index (χ4n) is 1.90. The van der Waals surface area contributed by atoms with Gasteiger partial charge in [0, 0.05) is 9.13 Å². The number of halogens is 2. The lowest BCUT2D eigenvalue weighted by Gasteiger charge is -2.15. The highest BCUT2D eigenvalue weighted by atomic mass is 127. The Balaban J connectivity index is 2.44. The first-order valence-corrected chi connectivity index (χ1v) is 7.17. The van der Waals surface area contributed by atoms with Crippen molar-refractivity contribution in [3.63, 3.8) is 0 Å². The molecule has 18 heavy (non-hydrogen) atoms. The van der Waals surface area contributed by atoms with E-state index >= 15 is 0 Å². The number of benzene rings is 2. The molecule has 1 nitrogen and oxygen atoms in total. The third-order valence-corrected chi connectivity index (χ3v) is 3.96. The number of rotatable bonds is 3. The monoisotopic (exact) mass is 372 g/mol. The third kappa shape index (κ3) is 2.98. The first-order valence-electron chi connectivity index (χ1n) is 5.66. The van der Waals surface area contributed by atoms with Crippen LogP contribution in [0.25, 0.3) is 0 Å². The topological polar surface area (TPSA) is 9.23 Å². The summed E-state index contributed by atoms with van der Waals surface area (Å²) in [5.41, 5.74) is 3.29. The van der Waals surface area contributed by atoms with Gasteiger partial charge < -0.3 is 4.74 Å². The first kappa shape index (κ1) is 13.7. The van der Waals surface area contributed by atoms with Gasteiger partial charge in [0.25, 0.3) is 0 Å². The normalized spacial score (nSPS) is 12.2. The third-order valence-electron chi connectivity index (χ3n) is 2.80. The maximum atomic E-state index is 6.58. The van der Waals surface area contributed by atoms with Crippen LogP contribution in [0, 0.1) is 10.5 Å². The fourth-order valence-corrected chi connectivity index (χ4v) is 2.77. The molecule has 0 aromatic heterocycles. The summed E-state index contributed by atoms with van der Waals surface area (Å²) in [5, 5.41) is -0.186. The SMILES string of the molecule is COc1ccc(C)cc1C(Cl)c1cccc(I)c1. The molecule has 1 unspecified atom stereocenters. The quantitative estimate of drug-likeness (QED) is 0.548. The van der Waals surface area contributed by atoms with Gasteiger partial charge in [-0.3, -0.25) is 0 Å². The van der Waals surface area contributed by atoms with E-state index in [-0.39, 0.29) is 5.38 Å². The molecule has 0 heterocycles. The number of hydrogen-bond donors (Lipinski definition) is 0. The van der Waals surface area contributed by atoms with E-state index in [0.717, 1.165) is 16.9 Å². The molecule has 0 saturated carbocycles. The molecule has 0 radical (unpaired) electrons. The number of hydrogen-bond acceptors (Lipinski definition) is 1. The van der Waals surface area contributed by atoms with Crippen molar-refractivity contribution in [1.82, 2.24) is 0 Å². The van der Waals surface area contributed by atoms with Crippen molar-refractivity contribution < 1.29 is 4.74 Å². The molecular formula is C15H14ClIO. The van der Waals surface area contributed by atoms with E-state index in [1.807, 2.05) is 24.3 Å². The predicted molar refractivity (Wildman–Crippen MR) is 84.6 cm³/mol. The van der Waals surface area contributed by atoms with Crippen molar-refractivity contribution in [3.05, 3.63) is 62.7 Å². The van der Waals surface area contributed by atoms with Gasteiger partial charge in [-0.05, 0) is 53.3 Å². The molecule has 2 aromatic rings. The molecule has 0 N–H and O–H groups in total. The molecule has 94 valence electrons. The minimum Gasteiger partial charge on any atom is -0.496 e. The molecule has 0 bridgehead atoms. The van der Waals surface area contributed by atoms with Crippen LogP contribution >= 0.6 is 34.2 Å². The highest BCUT2D eigenvalue weighted by Gasteiger charge is 2.16. The molecule has 0 amide bonds. The zero-order valence-electron chi connectivity index (χ0n) is 10.3. The van der Waals surface area contributed by atoms with E-state index in [1.54, 1.807) is 7.11 Å². The van der Waals surface area contributed by atoms with Crippen LogP contribution in [-0.2, 0) is 0 Å². The average molecular weight is 373 g/mol. The molecule has 0 aliphatic carbocycles. The molecule has 0 aliphatic heterocycles. The molecule has 0 fully saturated rings. The van der Waals surface area contributed by atoms with Crippen molar-refractivity contribution in [3.8, 4) is 5.75 Å². The largest absolute Gasteiger partial charge is 0.496 e. The maximum absolute atomic E-state index is 6.58. The average Bonchev–Trinajstić information content (AvgIpc) is 2.38. The highest BCUT2D eigenvalue weighted by Crippen LogP contribution is 2.35. The lowest BCUT2D eigenvalue weighted by atomic mass is 10.0. The molecule has 2 aromatic carbocycles. The molecular weight excluding hydrogens is 359 g/mol. The Morgan fingerprint density at radius 3 is 2.61 bits per heavy atom. The molecule has 0 aliphatic rings. The van der Waals surface area contributed by atoms with E-state index < -0.39 is 0 Å². The number of methoxy groups -OCH3 is 1. The first-order chi connectivity index (χ1) is 8.61. The summed E-state index contributed by atoms with van der Waals surface area (Å²) in [6.07, 6.45) is 0. The van der Waals surface area contributed by atoms with Crippen LogP contribution in [0.1, 0.15) is 22.1 Å². The van der Waals surface area contributed by atoms with Gasteiger partial charge in [-0.2, -0.15) is 0 Å². The van der Waals surface area contributed by atoms with E-state index in [4.69, 9.17) is 16.3 Å². The van der Waals surface area contributed by atoms with Crippen LogP contribution in [0.3, 0.4) is 0 Å². The second-order valence-electron chi connectivity index (χ2n) is 4.16. The van der Waals surface area contributed by atoms with Gasteiger partial charge >= 0.3 is 0 Å². The number of aryl methyl sites for hydroxylation is 1. The molecule has 3 heteroatoms. The van der Waals surface area contributed by atoms with Crippen molar-refractivity contribution in [2.24, 2.45) is 0 Å². The predicted octanol–water partition coefficient (Wildman–Crippen LogP) is 4.94. The lowest BCUT2D eigenvalue weighted by Crippen LogP contribution is -1.98. The summed E-state index contributed by atoms with van der Waals surface area (Å²) < 4.78 is 6.57. The van der Waals surface area contributed by atoms with Gasteiger partial charge in [-0.15, -0.1) is 11.6 Å². The van der Waals surface area contributed by atoms with Gasteiger partial charge in [0.1, 0.15) is 5.75 Å². The van der Waals surface area contributed by atoms with Crippen LogP contribution in [-0.4, -0.2) is 7.11 Å². The Morgan fingerprint density at radius 1 is 1.17 bits per heavy atom. The number of alkyl halides is 1. The smallest absolute Gasteiger partial charge is 0.123 e. The molecule has 2 rings (SSSR count). The molecule has 1 atom stereocenters. The van der Waals surface area contributed by atoms with E-state index in [9.17, 15) is 0 Å². The van der Waals surface area contributed by atoms with Crippen LogP contribution in [0.2, 0.25) is 0 Å². The van der Waals surface area contributed by atoms with Crippen molar-refractivity contribution >= 4 is 34.2 Å². The summed E-state index contributed by atoms with van der Waals surface area (Å²) in [6.45, 7) is 2.06. The Labute approximate surface area is 126 Å². The van der Waals surface area contributed by atoms with Gasteiger partial charge in [-0.25, -0.2) is 0 Å². The minimum absolute atomic E-state index is 0.186. The highest BCUT2D eigenvalue weighted by molar-refractivity contribution is 14.1. The van der Waals surface area contributed by atoms with Crippen molar-refractivity contribution in [2.75, 3.05) is 7.11 Å². The Morgan fingerprint density at radius 2 is 1.94 bits per heavy atom. The van der Waals surface area contributed by atoms with E-state index in [1.165, 1.54) is 9.13 Å². The zero-order valence-corrected chi connectivity index (χ0v) is 13.2. The van der Waals surface area contributed by atoms with Crippen molar-refractivity contribution in [1.29, 1.82) is 0 Å². The molecule has 0 spiro atoms. The minimum atomic E-state index is -0.186. The second-order valence-corrected chi connectivity index (χ2v) is 5.85. The van der Waals surface area contributed by atoms with Gasteiger partial charge in [0.15, 0.2) is 0 Å². The van der Waals surface area contributed by atoms with Crippen LogP contribution in [0.15, 0.2) is 42.5 Å². The van der Waals surface area contributed by atoms with Crippen LogP contribution < -0.4 is 4.74 Å². The van der Waals surface area contributed by atoms with Gasteiger partial charge in [-0.1, -0.05) is 29.8 Å². The summed E-state index contributed by atoms with van der Waals surface area (Å²) in [4.78, 5) is 0. The zero-order chi connectivity index (χ0) is 13.1. The standard InChI is InChI=1S/C15H14ClIO/c1-10-6-7-14(18-2)13(8-10)15(16)11-4-3-5-12(17)9-11/h3-9,15H,1-2H3.